The number of imidazole rings is 1. The van der Waals surface area contributed by atoms with Gasteiger partial charge in [0.2, 0.25) is 11.6 Å². The Balaban J connectivity index is 1.74. The van der Waals surface area contributed by atoms with Gasteiger partial charge in [0.1, 0.15) is 0 Å². The number of fused-ring (bicyclic) bond motifs is 1. The molecule has 2 N–H and O–H groups in total. The first-order chi connectivity index (χ1) is 12.2. The fourth-order valence-corrected chi connectivity index (χ4v) is 3.39. The number of pyridine rings is 1. The van der Waals surface area contributed by atoms with Crippen LogP contribution >= 0.6 is 0 Å². The third-order valence-corrected chi connectivity index (χ3v) is 4.63. The number of aromatic nitrogens is 3. The highest BCUT2D eigenvalue weighted by atomic mass is 15.3. The van der Waals surface area contributed by atoms with Crippen molar-refractivity contribution >= 4 is 22.7 Å². The van der Waals surface area contributed by atoms with Crippen molar-refractivity contribution in [3.63, 3.8) is 0 Å². The van der Waals surface area contributed by atoms with Gasteiger partial charge in [-0.3, -0.25) is 4.98 Å². The summed E-state index contributed by atoms with van der Waals surface area (Å²) in [5.74, 6) is 0.951. The summed E-state index contributed by atoms with van der Waals surface area (Å²) >= 11 is 0. The first kappa shape index (κ1) is 15.6. The van der Waals surface area contributed by atoms with E-state index in [1.165, 1.54) is 0 Å². The monoisotopic (exact) mass is 332 g/mol. The molecule has 4 rings (SSSR count). The molecule has 1 aromatic carbocycles. The molecule has 0 aliphatic carbocycles. The van der Waals surface area contributed by atoms with Crippen LogP contribution in [0.4, 0.5) is 11.6 Å². The smallest absolute Gasteiger partial charge is 0.206 e. The Hall–Kier alpha value is -2.91. The van der Waals surface area contributed by atoms with Crippen molar-refractivity contribution in [1.82, 2.24) is 14.5 Å². The highest BCUT2D eigenvalue weighted by Gasteiger charge is 2.22. The van der Waals surface area contributed by atoms with Crippen molar-refractivity contribution in [2.24, 2.45) is 5.73 Å². The van der Waals surface area contributed by atoms with E-state index < -0.39 is 0 Å². The van der Waals surface area contributed by atoms with Crippen molar-refractivity contribution < 1.29 is 0 Å². The van der Waals surface area contributed by atoms with Crippen LogP contribution in [0, 0.1) is 6.57 Å². The number of para-hydroxylation sites is 2. The molecule has 0 bridgehead atoms. The van der Waals surface area contributed by atoms with Gasteiger partial charge in [-0.25, -0.2) is 9.83 Å². The van der Waals surface area contributed by atoms with Crippen LogP contribution in [-0.4, -0.2) is 33.7 Å². The topological polar surface area (TPSA) is 64.3 Å². The SMILES string of the molecule is [C-]#[N+]c1ccc(Cn2c(N3CCC[C@H](N)C3)nc3ccccc32)nc1. The van der Waals surface area contributed by atoms with Crippen LogP contribution in [0.25, 0.3) is 15.9 Å². The van der Waals surface area contributed by atoms with Crippen LogP contribution in [0.5, 0.6) is 0 Å². The zero-order chi connectivity index (χ0) is 17.2. The molecule has 2 aromatic heterocycles. The Morgan fingerprint density at radius 3 is 2.88 bits per heavy atom. The minimum atomic E-state index is 0.193. The average Bonchev–Trinajstić information content (AvgIpc) is 3.01. The molecule has 3 aromatic rings. The number of nitrogens with two attached hydrogens (primary N) is 1. The van der Waals surface area contributed by atoms with Gasteiger partial charge in [-0.05, 0) is 31.0 Å². The van der Waals surface area contributed by atoms with E-state index in [4.69, 9.17) is 17.3 Å². The molecule has 0 amide bonds. The number of benzene rings is 1. The zero-order valence-corrected chi connectivity index (χ0v) is 14.0. The summed E-state index contributed by atoms with van der Waals surface area (Å²) in [6.45, 7) is 9.48. The Kier molecular flexibility index (Phi) is 4.08. The number of rotatable bonds is 3. The van der Waals surface area contributed by atoms with Crippen LogP contribution in [0.3, 0.4) is 0 Å². The zero-order valence-electron chi connectivity index (χ0n) is 14.0. The summed E-state index contributed by atoms with van der Waals surface area (Å²) in [4.78, 5) is 15.0. The predicted molar refractivity (Wildman–Crippen MR) is 98.8 cm³/mol. The van der Waals surface area contributed by atoms with E-state index in [1.54, 1.807) is 6.20 Å². The summed E-state index contributed by atoms with van der Waals surface area (Å²) in [7, 11) is 0. The normalized spacial score (nSPS) is 17.6. The Labute approximate surface area is 146 Å². The maximum Gasteiger partial charge on any atom is 0.206 e. The number of hydrogen-bond donors (Lipinski definition) is 1. The van der Waals surface area contributed by atoms with E-state index in [1.807, 2.05) is 30.3 Å². The Morgan fingerprint density at radius 1 is 1.24 bits per heavy atom. The van der Waals surface area contributed by atoms with Crippen LogP contribution in [0.2, 0.25) is 0 Å². The molecule has 1 aliphatic heterocycles. The van der Waals surface area contributed by atoms with Gasteiger partial charge in [0.05, 0.1) is 29.8 Å². The lowest BCUT2D eigenvalue weighted by Crippen LogP contribution is -2.44. The van der Waals surface area contributed by atoms with Gasteiger partial charge in [-0.15, -0.1) is 0 Å². The first-order valence-corrected chi connectivity index (χ1v) is 8.53. The average molecular weight is 332 g/mol. The minimum absolute atomic E-state index is 0.193. The highest BCUT2D eigenvalue weighted by molar-refractivity contribution is 5.79. The summed E-state index contributed by atoms with van der Waals surface area (Å²) in [6, 6.07) is 12.1. The quantitative estimate of drug-likeness (QED) is 0.749. The molecule has 1 aliphatic rings. The summed E-state index contributed by atoms with van der Waals surface area (Å²) in [5, 5.41) is 0. The van der Waals surface area contributed by atoms with Gasteiger partial charge >= 0.3 is 0 Å². The van der Waals surface area contributed by atoms with Crippen LogP contribution in [-0.2, 0) is 6.54 Å². The Bertz CT molecular complexity index is 921. The van der Waals surface area contributed by atoms with E-state index >= 15 is 0 Å². The van der Waals surface area contributed by atoms with Crippen LogP contribution in [0.1, 0.15) is 18.5 Å². The summed E-state index contributed by atoms with van der Waals surface area (Å²) < 4.78 is 2.20. The second-order valence-electron chi connectivity index (χ2n) is 6.45. The van der Waals surface area contributed by atoms with Crippen LogP contribution < -0.4 is 10.6 Å². The molecular weight excluding hydrogens is 312 g/mol. The largest absolute Gasteiger partial charge is 0.341 e. The van der Waals surface area contributed by atoms with Crippen molar-refractivity contribution in [3.05, 3.63) is 59.7 Å². The van der Waals surface area contributed by atoms with Crippen molar-refractivity contribution in [3.8, 4) is 0 Å². The van der Waals surface area contributed by atoms with E-state index in [0.717, 1.165) is 48.6 Å². The maximum atomic E-state index is 7.06. The van der Waals surface area contributed by atoms with E-state index in [0.29, 0.717) is 12.2 Å². The van der Waals surface area contributed by atoms with Gasteiger partial charge in [0.15, 0.2) is 0 Å². The molecule has 25 heavy (non-hydrogen) atoms. The fourth-order valence-electron chi connectivity index (χ4n) is 3.39. The Morgan fingerprint density at radius 2 is 2.12 bits per heavy atom. The lowest BCUT2D eigenvalue weighted by atomic mass is 10.1. The van der Waals surface area contributed by atoms with Gasteiger partial charge in [0.25, 0.3) is 0 Å². The second-order valence-corrected chi connectivity index (χ2v) is 6.45. The molecule has 1 fully saturated rings. The lowest BCUT2D eigenvalue weighted by Gasteiger charge is -2.32. The number of nitrogens with zero attached hydrogens (tertiary/aromatic N) is 5. The molecule has 0 spiro atoms. The third-order valence-electron chi connectivity index (χ3n) is 4.63. The predicted octanol–water partition coefficient (Wildman–Crippen LogP) is 2.96. The third kappa shape index (κ3) is 3.06. The van der Waals surface area contributed by atoms with Gasteiger partial charge in [0, 0.05) is 25.3 Å². The first-order valence-electron chi connectivity index (χ1n) is 8.53. The molecule has 6 nitrogen and oxygen atoms in total. The van der Waals surface area contributed by atoms with E-state index in [2.05, 4.69) is 25.4 Å². The van der Waals surface area contributed by atoms with Crippen molar-refractivity contribution in [2.75, 3.05) is 18.0 Å². The molecule has 0 saturated carbocycles. The maximum absolute atomic E-state index is 7.06. The van der Waals surface area contributed by atoms with Crippen molar-refractivity contribution in [1.29, 1.82) is 0 Å². The standard InChI is InChI=1S/C19H20N6/c1-21-15-8-9-16(22-11-15)13-25-18-7-3-2-6-17(18)23-19(25)24-10-4-5-14(20)12-24/h2-3,6-9,11,14H,4-5,10,12-13,20H2/t14-/m0/s1. The number of hydrogen-bond acceptors (Lipinski definition) is 4. The second kappa shape index (κ2) is 6.54. The molecule has 126 valence electrons. The molecule has 0 radical (unpaired) electrons. The van der Waals surface area contributed by atoms with Gasteiger partial charge < -0.3 is 15.2 Å². The molecule has 1 saturated heterocycles. The summed E-state index contributed by atoms with van der Waals surface area (Å²) in [5.41, 5.74) is 9.72. The van der Waals surface area contributed by atoms with Crippen LogP contribution in [0.15, 0.2) is 42.6 Å². The summed E-state index contributed by atoms with van der Waals surface area (Å²) in [6.07, 6.45) is 3.77. The van der Waals surface area contributed by atoms with Gasteiger partial charge in [-0.1, -0.05) is 18.2 Å². The highest BCUT2D eigenvalue weighted by Crippen LogP contribution is 2.26. The molecule has 6 heteroatoms. The molecule has 1 atom stereocenters. The molecular formula is C19H20N6. The lowest BCUT2D eigenvalue weighted by molar-refractivity contribution is 0.495. The fraction of sp³-hybridized carbons (Fsp3) is 0.316. The van der Waals surface area contributed by atoms with E-state index in [-0.39, 0.29) is 6.04 Å². The number of piperidine rings is 1. The van der Waals surface area contributed by atoms with E-state index in [9.17, 15) is 0 Å². The molecule has 0 unspecified atom stereocenters. The minimum Gasteiger partial charge on any atom is -0.341 e. The van der Waals surface area contributed by atoms with Crippen molar-refractivity contribution in [2.45, 2.75) is 25.4 Å². The number of anilines is 1. The van der Waals surface area contributed by atoms with Gasteiger partial charge in [-0.2, -0.15) is 0 Å². The molecule has 3 heterocycles.